The van der Waals surface area contributed by atoms with E-state index in [-0.39, 0.29) is 31.0 Å². The molecule has 0 amide bonds. The van der Waals surface area contributed by atoms with Gasteiger partial charge in [-0.1, -0.05) is 0 Å². The van der Waals surface area contributed by atoms with E-state index in [2.05, 4.69) is 32.3 Å². The molecule has 0 rings (SSSR count). The third-order valence-corrected chi connectivity index (χ3v) is 0.587. The Kier molecular flexibility index (Phi) is 9.01. The molecule has 0 bridgehead atoms. The van der Waals surface area contributed by atoms with Crippen LogP contribution in [0.1, 0.15) is 1.43 Å². The minimum Gasteiger partial charge on any atom is -1.00 e. The molecule has 0 aromatic carbocycles. The second kappa shape index (κ2) is 6.64. The first kappa shape index (κ1) is 12.2. The largest absolute Gasteiger partial charge is 1.00 e. The molecule has 4 nitrogen and oxygen atoms in total. The molecule has 0 aliphatic rings. The van der Waals surface area contributed by atoms with Gasteiger partial charge < -0.3 is 10.0 Å². The van der Waals surface area contributed by atoms with Crippen molar-refractivity contribution in [2.75, 3.05) is 0 Å². The van der Waals surface area contributed by atoms with E-state index in [1.807, 2.05) is 0 Å². The van der Waals surface area contributed by atoms with Gasteiger partial charge in [0.1, 0.15) is 23.7 Å². The first-order chi connectivity index (χ1) is 3.72. The molecule has 0 atom stereocenters. The molecular formula is C2HCl2NaO4. The van der Waals surface area contributed by atoms with Crippen LogP contribution in [0.4, 0.5) is 0 Å². The summed E-state index contributed by atoms with van der Waals surface area (Å²) in [6.07, 6.45) is 0. The molecule has 48 valence electrons. The van der Waals surface area contributed by atoms with Gasteiger partial charge in [-0.15, -0.1) is 0 Å². The summed E-state index contributed by atoms with van der Waals surface area (Å²) in [5.74, 6) is -2.69. The average molecular weight is 183 g/mol. The molecule has 0 aliphatic heterocycles. The third-order valence-electron chi connectivity index (χ3n) is 0.307. The molecular weight excluding hydrogens is 182 g/mol. The van der Waals surface area contributed by atoms with Gasteiger partial charge in [0.15, 0.2) is 0 Å². The molecule has 0 aromatic heterocycles. The summed E-state index contributed by atoms with van der Waals surface area (Å²) in [6.45, 7) is 0. The zero-order valence-corrected chi connectivity index (χ0v) is 7.90. The number of hydrogen-bond acceptors (Lipinski definition) is 4. The van der Waals surface area contributed by atoms with Crippen LogP contribution in [0.2, 0.25) is 0 Å². The maximum atomic E-state index is 9.83. The Morgan fingerprint density at radius 3 is 1.44 bits per heavy atom. The van der Waals surface area contributed by atoms with Crippen LogP contribution in [0, 0.1) is 0 Å². The molecule has 7 heteroatoms. The van der Waals surface area contributed by atoms with Gasteiger partial charge in [0.25, 0.3) is 0 Å². The van der Waals surface area contributed by atoms with Crippen molar-refractivity contribution in [2.45, 2.75) is 0 Å². The molecule has 0 saturated heterocycles. The molecule has 0 aromatic rings. The number of hydrogen-bond donors (Lipinski definition) is 0. The Balaban J connectivity index is -0.000000245. The zero-order chi connectivity index (χ0) is 6.57. The Morgan fingerprint density at radius 2 is 1.33 bits per heavy atom. The van der Waals surface area contributed by atoms with Crippen LogP contribution in [0.15, 0.2) is 0 Å². The number of carbonyl (C=O) groups excluding carboxylic acids is 2. The standard InChI is InChI=1S/C2Cl2O4.Na.H/c3-7-1(5)2(6)8-4;;/q;+1;-1. The van der Waals surface area contributed by atoms with E-state index < -0.39 is 11.9 Å². The molecule has 0 heterocycles. The van der Waals surface area contributed by atoms with Crippen molar-refractivity contribution in [3.05, 3.63) is 0 Å². The summed E-state index contributed by atoms with van der Waals surface area (Å²) in [5, 5.41) is 0. The summed E-state index contributed by atoms with van der Waals surface area (Å²) in [5.41, 5.74) is 0. The van der Waals surface area contributed by atoms with Crippen LogP contribution in [0.25, 0.3) is 0 Å². The van der Waals surface area contributed by atoms with E-state index in [9.17, 15) is 9.59 Å². The van der Waals surface area contributed by atoms with Crippen molar-refractivity contribution in [1.82, 2.24) is 0 Å². The van der Waals surface area contributed by atoms with Crippen molar-refractivity contribution in [2.24, 2.45) is 0 Å². The predicted molar refractivity (Wildman–Crippen MR) is 25.0 cm³/mol. The Morgan fingerprint density at radius 1 is 1.11 bits per heavy atom. The number of halogens is 2. The van der Waals surface area contributed by atoms with Gasteiger partial charge in [-0.3, -0.25) is 0 Å². The van der Waals surface area contributed by atoms with Crippen LogP contribution < -0.4 is 29.6 Å². The van der Waals surface area contributed by atoms with Crippen LogP contribution in [-0.2, 0) is 18.2 Å². The van der Waals surface area contributed by atoms with Crippen molar-refractivity contribution < 1.29 is 49.2 Å². The Hall–Kier alpha value is 0.520. The third kappa shape index (κ3) is 4.99. The monoisotopic (exact) mass is 182 g/mol. The van der Waals surface area contributed by atoms with Crippen LogP contribution >= 0.6 is 23.7 Å². The molecule has 0 N–H and O–H groups in total. The van der Waals surface area contributed by atoms with Gasteiger partial charge in [-0.2, -0.15) is 0 Å². The predicted octanol–water partition coefficient (Wildman–Crippen LogP) is -2.50. The molecule has 0 radical (unpaired) electrons. The van der Waals surface area contributed by atoms with E-state index in [0.29, 0.717) is 0 Å². The second-order valence-electron chi connectivity index (χ2n) is 0.729. The summed E-state index contributed by atoms with van der Waals surface area (Å²) < 4.78 is 6.75. The zero-order valence-electron chi connectivity index (χ0n) is 5.39. The average Bonchev–Trinajstić information content (AvgIpc) is 1.84. The molecule has 9 heavy (non-hydrogen) atoms. The summed E-state index contributed by atoms with van der Waals surface area (Å²) in [7, 11) is 0. The van der Waals surface area contributed by atoms with Gasteiger partial charge in [0.05, 0.1) is 0 Å². The summed E-state index contributed by atoms with van der Waals surface area (Å²) in [4.78, 5) is 19.7. The minimum atomic E-state index is -1.35. The maximum absolute atomic E-state index is 9.83. The SMILES string of the molecule is O=C(OCl)C(=O)OCl.[H-].[Na+]. The minimum absolute atomic E-state index is 0. The van der Waals surface area contributed by atoms with E-state index in [1.54, 1.807) is 0 Å². The van der Waals surface area contributed by atoms with Gasteiger partial charge in [-0.25, -0.2) is 9.59 Å². The fraction of sp³-hybridized carbons (Fsp3) is 0. The quantitative estimate of drug-likeness (QED) is 0.307. The molecule has 0 unspecified atom stereocenters. The molecule has 0 spiro atoms. The number of rotatable bonds is 0. The fourth-order valence-electron chi connectivity index (χ4n) is 0.0630. The van der Waals surface area contributed by atoms with Gasteiger partial charge in [-0.05, 0) is 0 Å². The van der Waals surface area contributed by atoms with E-state index in [1.165, 1.54) is 0 Å². The molecule has 0 fully saturated rings. The van der Waals surface area contributed by atoms with E-state index in [0.717, 1.165) is 0 Å². The fourth-order valence-corrected chi connectivity index (χ4v) is 0.189. The van der Waals surface area contributed by atoms with Crippen LogP contribution in [0.3, 0.4) is 0 Å². The van der Waals surface area contributed by atoms with E-state index >= 15 is 0 Å². The van der Waals surface area contributed by atoms with Crippen LogP contribution in [0.5, 0.6) is 0 Å². The first-order valence-corrected chi connectivity index (χ1v) is 1.99. The van der Waals surface area contributed by atoms with Crippen molar-refractivity contribution in [1.29, 1.82) is 0 Å². The molecule has 0 aliphatic carbocycles. The van der Waals surface area contributed by atoms with Crippen LogP contribution in [-0.4, -0.2) is 11.9 Å². The second-order valence-corrected chi connectivity index (χ2v) is 1.04. The Labute approximate surface area is 84.5 Å². The van der Waals surface area contributed by atoms with Crippen molar-refractivity contribution in [3.63, 3.8) is 0 Å². The number of carbonyl (C=O) groups is 2. The topological polar surface area (TPSA) is 52.6 Å². The Bertz CT molecular complexity index is 106. The van der Waals surface area contributed by atoms with Gasteiger partial charge in [0.2, 0.25) is 0 Å². The van der Waals surface area contributed by atoms with Gasteiger partial charge in [0, 0.05) is 0 Å². The van der Waals surface area contributed by atoms with E-state index in [4.69, 9.17) is 0 Å². The summed E-state index contributed by atoms with van der Waals surface area (Å²) in [6, 6.07) is 0. The smallest absolute Gasteiger partial charge is 1.00 e. The normalized spacial score (nSPS) is 6.89. The van der Waals surface area contributed by atoms with Crippen molar-refractivity contribution >= 4 is 35.7 Å². The maximum Gasteiger partial charge on any atom is 1.00 e. The van der Waals surface area contributed by atoms with Gasteiger partial charge >= 0.3 is 41.5 Å². The summed E-state index contributed by atoms with van der Waals surface area (Å²) >= 11 is 8.83. The van der Waals surface area contributed by atoms with Crippen molar-refractivity contribution in [3.8, 4) is 0 Å². The first-order valence-electron chi connectivity index (χ1n) is 1.38. The molecule has 0 saturated carbocycles.